The van der Waals surface area contributed by atoms with Gasteiger partial charge in [0.15, 0.2) is 5.78 Å². The Balaban J connectivity index is 0.000000202. The van der Waals surface area contributed by atoms with Crippen molar-refractivity contribution in [3.05, 3.63) is 70.9 Å². The first-order valence-corrected chi connectivity index (χ1v) is 6.69. The molecule has 90 valence electrons. The van der Waals surface area contributed by atoms with E-state index in [9.17, 15) is 4.79 Å². The van der Waals surface area contributed by atoms with Crippen LogP contribution in [0.25, 0.3) is 10.8 Å². The minimum absolute atomic E-state index is 0.122. The van der Waals surface area contributed by atoms with Crippen LogP contribution in [0.3, 0.4) is 0 Å². The maximum atomic E-state index is 11.3. The summed E-state index contributed by atoms with van der Waals surface area (Å²) >= 11 is 1.71. The predicted octanol–water partition coefficient (Wildman–Crippen LogP) is 4.79. The average Bonchev–Trinajstić information content (AvgIpc) is 2.97. The Hall–Kier alpha value is -1.93. The van der Waals surface area contributed by atoms with E-state index in [4.69, 9.17) is 0 Å². The summed E-state index contributed by atoms with van der Waals surface area (Å²) in [6.45, 7) is 1.60. The van der Waals surface area contributed by atoms with E-state index < -0.39 is 0 Å². The van der Waals surface area contributed by atoms with Gasteiger partial charge in [0, 0.05) is 5.56 Å². The first-order valence-electron chi connectivity index (χ1n) is 5.75. The molecule has 0 atom stereocenters. The van der Waals surface area contributed by atoms with Crippen LogP contribution in [-0.2, 0) is 0 Å². The monoisotopic (exact) mass is 254 g/mol. The molecule has 18 heavy (non-hydrogen) atoms. The number of Topliss-reactive ketones (excluding diaryl/α,β-unsaturated/α-hetero) is 1. The Morgan fingerprint density at radius 3 is 2.17 bits per heavy atom. The Morgan fingerprint density at radius 2 is 1.56 bits per heavy atom. The summed E-state index contributed by atoms with van der Waals surface area (Å²) in [5.74, 6) is 0.122. The van der Waals surface area contributed by atoms with E-state index >= 15 is 0 Å². The molecule has 0 spiro atoms. The van der Waals surface area contributed by atoms with Gasteiger partial charge in [0.25, 0.3) is 0 Å². The van der Waals surface area contributed by atoms with Gasteiger partial charge in [0.2, 0.25) is 0 Å². The van der Waals surface area contributed by atoms with Crippen LogP contribution in [0.15, 0.2) is 65.4 Å². The highest BCUT2D eigenvalue weighted by Gasteiger charge is 2.02. The van der Waals surface area contributed by atoms with Crippen LogP contribution in [0.2, 0.25) is 0 Å². The van der Waals surface area contributed by atoms with Gasteiger partial charge in [-0.3, -0.25) is 4.79 Å². The number of hydrogen-bond donors (Lipinski definition) is 0. The Morgan fingerprint density at radius 1 is 0.889 bits per heavy atom. The summed E-state index contributed by atoms with van der Waals surface area (Å²) in [6.07, 6.45) is 0. The van der Waals surface area contributed by atoms with Gasteiger partial charge in [-0.25, -0.2) is 0 Å². The van der Waals surface area contributed by atoms with Gasteiger partial charge < -0.3 is 0 Å². The topological polar surface area (TPSA) is 17.1 Å². The maximum Gasteiger partial charge on any atom is 0.160 e. The normalized spacial score (nSPS) is 9.61. The zero-order valence-electron chi connectivity index (χ0n) is 10.2. The smallest absolute Gasteiger partial charge is 0.160 e. The zero-order valence-corrected chi connectivity index (χ0v) is 11.0. The number of carbonyl (C=O) groups excluding carboxylic acids is 1. The van der Waals surface area contributed by atoms with Crippen LogP contribution in [0.1, 0.15) is 17.3 Å². The fraction of sp³-hybridized carbons (Fsp3) is 0.0625. The Kier molecular flexibility index (Phi) is 4.26. The minimum atomic E-state index is 0.122. The molecule has 0 fully saturated rings. The predicted molar refractivity (Wildman–Crippen MR) is 78.3 cm³/mol. The molecule has 0 unspecified atom stereocenters. The number of ketones is 1. The molecule has 0 aliphatic rings. The summed E-state index contributed by atoms with van der Waals surface area (Å²) in [7, 11) is 0. The number of hydrogen-bond acceptors (Lipinski definition) is 2. The van der Waals surface area contributed by atoms with Gasteiger partial charge in [0.1, 0.15) is 0 Å². The van der Waals surface area contributed by atoms with E-state index in [0.29, 0.717) is 0 Å². The summed E-state index contributed by atoms with van der Waals surface area (Å²) in [6, 6.07) is 17.8. The first kappa shape index (κ1) is 12.5. The SMILES string of the molecule is CC(=O)c1cccc2ccccc12.c1ccsc1. The van der Waals surface area contributed by atoms with E-state index in [2.05, 4.69) is 0 Å². The lowest BCUT2D eigenvalue weighted by atomic mass is 10.0. The molecule has 1 aromatic heterocycles. The quantitative estimate of drug-likeness (QED) is 0.571. The lowest BCUT2D eigenvalue weighted by Gasteiger charge is -2.01. The maximum absolute atomic E-state index is 11.3. The highest BCUT2D eigenvalue weighted by molar-refractivity contribution is 7.07. The lowest BCUT2D eigenvalue weighted by molar-refractivity contribution is 0.101. The Labute approximate surface area is 111 Å². The molecule has 0 aliphatic carbocycles. The minimum Gasteiger partial charge on any atom is -0.294 e. The molecule has 0 saturated carbocycles. The van der Waals surface area contributed by atoms with Gasteiger partial charge in [-0.1, -0.05) is 54.6 Å². The summed E-state index contributed by atoms with van der Waals surface area (Å²) in [5, 5.41) is 6.24. The molecule has 3 aromatic rings. The van der Waals surface area contributed by atoms with Gasteiger partial charge in [-0.2, -0.15) is 11.3 Å². The second-order valence-electron chi connectivity index (χ2n) is 3.88. The highest BCUT2D eigenvalue weighted by Crippen LogP contribution is 2.18. The van der Waals surface area contributed by atoms with Crippen LogP contribution < -0.4 is 0 Å². The molecule has 1 heterocycles. The number of rotatable bonds is 1. The lowest BCUT2D eigenvalue weighted by Crippen LogP contribution is -1.92. The molecule has 2 aromatic carbocycles. The molecular weight excluding hydrogens is 240 g/mol. The van der Waals surface area contributed by atoms with E-state index in [0.717, 1.165) is 16.3 Å². The van der Waals surface area contributed by atoms with Crippen molar-refractivity contribution in [2.75, 3.05) is 0 Å². The van der Waals surface area contributed by atoms with E-state index in [-0.39, 0.29) is 5.78 Å². The van der Waals surface area contributed by atoms with Crippen LogP contribution in [0, 0.1) is 0 Å². The van der Waals surface area contributed by atoms with Crippen LogP contribution in [0.5, 0.6) is 0 Å². The van der Waals surface area contributed by atoms with Crippen molar-refractivity contribution in [2.45, 2.75) is 6.92 Å². The van der Waals surface area contributed by atoms with Crippen molar-refractivity contribution >= 4 is 27.9 Å². The van der Waals surface area contributed by atoms with E-state index in [1.165, 1.54) is 0 Å². The molecule has 1 nitrogen and oxygen atoms in total. The number of carbonyl (C=O) groups is 1. The van der Waals surface area contributed by atoms with Crippen LogP contribution in [0.4, 0.5) is 0 Å². The number of thiophene rings is 1. The van der Waals surface area contributed by atoms with Crippen molar-refractivity contribution in [3.63, 3.8) is 0 Å². The summed E-state index contributed by atoms with van der Waals surface area (Å²) in [4.78, 5) is 11.3. The van der Waals surface area contributed by atoms with Crippen molar-refractivity contribution in [1.82, 2.24) is 0 Å². The standard InChI is InChI=1S/C12H10O.C4H4S/c1-9(13)11-8-4-6-10-5-2-3-7-12(10)11;1-2-4-5-3-1/h2-8H,1H3;1-4H. The van der Waals surface area contributed by atoms with Gasteiger partial charge in [-0.05, 0) is 28.5 Å². The molecular formula is C16H14OS. The third-order valence-corrected chi connectivity index (χ3v) is 3.22. The van der Waals surface area contributed by atoms with Crippen molar-refractivity contribution < 1.29 is 4.79 Å². The molecule has 0 amide bonds. The third kappa shape index (κ3) is 3.05. The zero-order chi connectivity index (χ0) is 12.8. The van der Waals surface area contributed by atoms with Crippen LogP contribution >= 0.6 is 11.3 Å². The van der Waals surface area contributed by atoms with Gasteiger partial charge in [0.05, 0.1) is 0 Å². The van der Waals surface area contributed by atoms with E-state index in [1.807, 2.05) is 65.4 Å². The number of fused-ring (bicyclic) bond motifs is 1. The molecule has 0 radical (unpaired) electrons. The van der Waals surface area contributed by atoms with Gasteiger partial charge >= 0.3 is 0 Å². The molecule has 0 aliphatic heterocycles. The average molecular weight is 254 g/mol. The van der Waals surface area contributed by atoms with Crippen molar-refractivity contribution in [3.8, 4) is 0 Å². The summed E-state index contributed by atoms with van der Waals surface area (Å²) < 4.78 is 0. The number of benzene rings is 2. The Bertz CT molecular complexity index is 604. The highest BCUT2D eigenvalue weighted by atomic mass is 32.1. The fourth-order valence-electron chi connectivity index (χ4n) is 1.76. The molecule has 2 heteroatoms. The molecule has 0 saturated heterocycles. The third-order valence-electron chi connectivity index (χ3n) is 2.59. The summed E-state index contributed by atoms with van der Waals surface area (Å²) in [5.41, 5.74) is 0.804. The van der Waals surface area contributed by atoms with Crippen molar-refractivity contribution in [1.29, 1.82) is 0 Å². The van der Waals surface area contributed by atoms with Gasteiger partial charge in [-0.15, -0.1) is 0 Å². The largest absolute Gasteiger partial charge is 0.294 e. The van der Waals surface area contributed by atoms with E-state index in [1.54, 1.807) is 18.3 Å². The molecule has 3 rings (SSSR count). The molecule has 0 N–H and O–H groups in total. The fourth-order valence-corrected chi connectivity index (χ4v) is 2.21. The first-order chi connectivity index (χ1) is 8.79. The molecule has 0 bridgehead atoms. The second kappa shape index (κ2) is 6.12. The van der Waals surface area contributed by atoms with Crippen molar-refractivity contribution in [2.24, 2.45) is 0 Å². The second-order valence-corrected chi connectivity index (χ2v) is 4.69. The van der Waals surface area contributed by atoms with Crippen LogP contribution in [-0.4, -0.2) is 5.78 Å².